The van der Waals surface area contributed by atoms with Gasteiger partial charge in [-0.05, 0) is 61.2 Å². The molecule has 0 aromatic heterocycles. The summed E-state index contributed by atoms with van der Waals surface area (Å²) in [6, 6.07) is 13.4. The van der Waals surface area contributed by atoms with Crippen molar-refractivity contribution in [3.8, 4) is 11.5 Å². The van der Waals surface area contributed by atoms with Gasteiger partial charge >= 0.3 is 0 Å². The molecule has 0 heterocycles. The summed E-state index contributed by atoms with van der Waals surface area (Å²) < 4.78 is 26.0. The van der Waals surface area contributed by atoms with Crippen LogP contribution in [0.2, 0.25) is 10.0 Å². The van der Waals surface area contributed by atoms with E-state index in [0.29, 0.717) is 40.1 Å². The van der Waals surface area contributed by atoms with Crippen molar-refractivity contribution in [1.29, 1.82) is 0 Å². The van der Waals surface area contributed by atoms with E-state index in [2.05, 4.69) is 22.4 Å². The first-order valence-corrected chi connectivity index (χ1v) is 13.8. The fourth-order valence-electron chi connectivity index (χ4n) is 3.92. The number of nitrogens with zero attached hydrogens (tertiary/aromatic N) is 1. The van der Waals surface area contributed by atoms with Crippen molar-refractivity contribution < 1.29 is 23.5 Å². The van der Waals surface area contributed by atoms with Crippen LogP contribution in [0.1, 0.15) is 47.8 Å². The van der Waals surface area contributed by atoms with E-state index in [1.165, 1.54) is 24.4 Å². The van der Waals surface area contributed by atoms with E-state index >= 15 is 0 Å². The van der Waals surface area contributed by atoms with Gasteiger partial charge in [0.1, 0.15) is 18.5 Å². The predicted octanol–water partition coefficient (Wildman–Crippen LogP) is 6.74. The minimum atomic E-state index is -0.940. The van der Waals surface area contributed by atoms with Crippen LogP contribution >= 0.6 is 23.2 Å². The van der Waals surface area contributed by atoms with Gasteiger partial charge < -0.3 is 14.8 Å². The fraction of sp³-hybridized carbons (Fsp3) is 0.258. The lowest BCUT2D eigenvalue weighted by atomic mass is 10.0. The van der Waals surface area contributed by atoms with Crippen LogP contribution in [0.15, 0.2) is 72.4 Å². The first-order valence-electron chi connectivity index (χ1n) is 13.0. The molecule has 2 amide bonds. The van der Waals surface area contributed by atoms with E-state index in [-0.39, 0.29) is 18.1 Å². The number of rotatable bonds is 13. The van der Waals surface area contributed by atoms with E-state index in [4.69, 9.17) is 32.7 Å². The predicted molar refractivity (Wildman–Crippen MR) is 161 cm³/mol. The maximum Gasteiger partial charge on any atom is 0.262 e. The highest BCUT2D eigenvalue weighted by molar-refractivity contribution is 6.35. The zero-order valence-electron chi connectivity index (χ0n) is 23.0. The van der Waals surface area contributed by atoms with Crippen LogP contribution in [-0.4, -0.2) is 30.7 Å². The second kappa shape index (κ2) is 15.2. The number of amides is 2. The first-order chi connectivity index (χ1) is 19.6. The number of nitrogens with one attached hydrogen (secondary N) is 2. The molecule has 1 unspecified atom stereocenters. The highest BCUT2D eigenvalue weighted by atomic mass is 35.5. The van der Waals surface area contributed by atoms with Crippen molar-refractivity contribution in [3.63, 3.8) is 0 Å². The van der Waals surface area contributed by atoms with Crippen molar-refractivity contribution >= 4 is 41.2 Å². The van der Waals surface area contributed by atoms with Crippen molar-refractivity contribution in [2.75, 3.05) is 6.61 Å². The molecule has 10 heteroatoms. The van der Waals surface area contributed by atoms with Crippen molar-refractivity contribution in [1.82, 2.24) is 10.7 Å². The summed E-state index contributed by atoms with van der Waals surface area (Å²) in [4.78, 5) is 25.4. The minimum absolute atomic E-state index is 0.145. The number of hydrogen-bond donors (Lipinski definition) is 2. The molecule has 0 aliphatic rings. The highest BCUT2D eigenvalue weighted by Gasteiger charge is 2.25. The van der Waals surface area contributed by atoms with Gasteiger partial charge in [0.05, 0.1) is 18.4 Å². The molecule has 216 valence electrons. The van der Waals surface area contributed by atoms with E-state index < -0.39 is 23.7 Å². The number of hydrazone groups is 1. The maximum atomic E-state index is 14.0. The lowest BCUT2D eigenvalue weighted by Gasteiger charge is -2.20. The molecule has 0 saturated heterocycles. The Morgan fingerprint density at radius 1 is 1.07 bits per heavy atom. The summed E-state index contributed by atoms with van der Waals surface area (Å²) >= 11 is 12.3. The molecular formula is C31H32Cl2FN3O4. The van der Waals surface area contributed by atoms with E-state index in [1.807, 2.05) is 13.0 Å². The Bertz CT molecular complexity index is 1430. The molecule has 3 aromatic rings. The number of carbonyl (C=O) groups is 2. The summed E-state index contributed by atoms with van der Waals surface area (Å²) in [5.41, 5.74) is 4.51. The van der Waals surface area contributed by atoms with Gasteiger partial charge in [0, 0.05) is 21.2 Å². The van der Waals surface area contributed by atoms with E-state index in [9.17, 15) is 14.0 Å². The van der Waals surface area contributed by atoms with Gasteiger partial charge in [-0.3, -0.25) is 9.59 Å². The fourth-order valence-corrected chi connectivity index (χ4v) is 4.38. The standard InChI is InChI=1S/C31H32Cl2FN3O4/c1-5-9-21-14-20(15-27(40-6-2)29(21)41-18-22-12-13-23(32)16-25(22)33)17-35-37-31(39)28(19(3)4)36-30(38)24-10-7-8-11-26(24)34/h5,7-8,10-17,19,28H,1,6,9,18H2,2-4H3,(H,36,38)(H,37,39). The Morgan fingerprint density at radius 2 is 1.83 bits per heavy atom. The van der Waals surface area contributed by atoms with Crippen LogP contribution in [0.4, 0.5) is 4.39 Å². The Labute approximate surface area is 249 Å². The second-order valence-corrected chi connectivity index (χ2v) is 10.2. The number of allylic oxidation sites excluding steroid dienone is 1. The summed E-state index contributed by atoms with van der Waals surface area (Å²) in [7, 11) is 0. The van der Waals surface area contributed by atoms with Crippen LogP contribution in [0.5, 0.6) is 11.5 Å². The molecule has 0 saturated carbocycles. The molecular weight excluding hydrogens is 568 g/mol. The molecule has 41 heavy (non-hydrogen) atoms. The number of halogens is 3. The highest BCUT2D eigenvalue weighted by Crippen LogP contribution is 2.35. The van der Waals surface area contributed by atoms with Gasteiger partial charge in [0.2, 0.25) is 0 Å². The molecule has 1 atom stereocenters. The summed E-state index contributed by atoms with van der Waals surface area (Å²) in [6.07, 6.45) is 3.68. The van der Waals surface area contributed by atoms with E-state index in [0.717, 1.165) is 11.1 Å². The molecule has 0 bridgehead atoms. The van der Waals surface area contributed by atoms with Crippen molar-refractivity contribution in [2.45, 2.75) is 39.8 Å². The smallest absolute Gasteiger partial charge is 0.262 e. The SMILES string of the molecule is C=CCc1cc(C=NNC(=O)C(NC(=O)c2ccccc2F)C(C)C)cc(OCC)c1OCc1ccc(Cl)cc1Cl. The summed E-state index contributed by atoms with van der Waals surface area (Å²) in [6.45, 7) is 9.81. The Hall–Kier alpha value is -3.88. The Balaban J connectivity index is 1.78. The molecule has 0 radical (unpaired) electrons. The number of ether oxygens (including phenoxy) is 2. The maximum absolute atomic E-state index is 14.0. The molecule has 0 aliphatic heterocycles. The van der Waals surface area contributed by atoms with Crippen molar-refractivity contribution in [2.24, 2.45) is 11.0 Å². The monoisotopic (exact) mass is 599 g/mol. The number of hydrogen-bond acceptors (Lipinski definition) is 5. The summed E-state index contributed by atoms with van der Waals surface area (Å²) in [5, 5.41) is 7.69. The van der Waals surface area contributed by atoms with Crippen LogP contribution in [0.25, 0.3) is 0 Å². The van der Waals surface area contributed by atoms with Crippen LogP contribution < -0.4 is 20.2 Å². The van der Waals surface area contributed by atoms with Gasteiger partial charge in [0.15, 0.2) is 11.5 Å². The van der Waals surface area contributed by atoms with Gasteiger partial charge in [-0.25, -0.2) is 9.82 Å². The molecule has 2 N–H and O–H groups in total. The minimum Gasteiger partial charge on any atom is -0.490 e. The third kappa shape index (κ3) is 8.80. The molecule has 3 rings (SSSR count). The lowest BCUT2D eigenvalue weighted by molar-refractivity contribution is -0.123. The quantitative estimate of drug-likeness (QED) is 0.129. The van der Waals surface area contributed by atoms with Gasteiger partial charge in [0.25, 0.3) is 11.8 Å². The van der Waals surface area contributed by atoms with Gasteiger partial charge in [-0.15, -0.1) is 6.58 Å². The normalized spacial score (nSPS) is 11.8. The zero-order chi connectivity index (χ0) is 29.9. The molecule has 0 spiro atoms. The lowest BCUT2D eigenvalue weighted by Crippen LogP contribution is -2.48. The topological polar surface area (TPSA) is 89.0 Å². The Kier molecular flexibility index (Phi) is 11.7. The first kappa shape index (κ1) is 31.6. The Morgan fingerprint density at radius 3 is 2.49 bits per heavy atom. The molecule has 0 fully saturated rings. The number of benzene rings is 3. The third-order valence-electron chi connectivity index (χ3n) is 5.95. The van der Waals surface area contributed by atoms with Crippen molar-refractivity contribution in [3.05, 3.63) is 105 Å². The third-order valence-corrected chi connectivity index (χ3v) is 6.53. The van der Waals surface area contributed by atoms with E-state index in [1.54, 1.807) is 50.3 Å². The van der Waals surface area contributed by atoms with Crippen LogP contribution in [0, 0.1) is 11.7 Å². The van der Waals surface area contributed by atoms with Crippen LogP contribution in [-0.2, 0) is 17.8 Å². The van der Waals surface area contributed by atoms with Gasteiger partial charge in [-0.2, -0.15) is 5.10 Å². The largest absolute Gasteiger partial charge is 0.490 e. The average Bonchev–Trinajstić information content (AvgIpc) is 2.92. The molecule has 0 aliphatic carbocycles. The average molecular weight is 601 g/mol. The second-order valence-electron chi connectivity index (χ2n) is 9.37. The van der Waals surface area contributed by atoms with Crippen LogP contribution in [0.3, 0.4) is 0 Å². The summed E-state index contributed by atoms with van der Waals surface area (Å²) in [5.74, 6) is -1.16. The molecule has 7 nitrogen and oxygen atoms in total. The molecule has 3 aromatic carbocycles. The van der Waals surface area contributed by atoms with Gasteiger partial charge in [-0.1, -0.05) is 61.3 Å². The zero-order valence-corrected chi connectivity index (χ0v) is 24.6. The number of carbonyl (C=O) groups excluding carboxylic acids is 2.